The highest BCUT2D eigenvalue weighted by molar-refractivity contribution is 6.36. The van der Waals surface area contributed by atoms with Gasteiger partial charge in [0.15, 0.2) is 5.82 Å². The van der Waals surface area contributed by atoms with Crippen LogP contribution in [-0.2, 0) is 9.53 Å². The molecule has 0 bridgehead atoms. The summed E-state index contributed by atoms with van der Waals surface area (Å²) in [6, 6.07) is 13.6. The maximum absolute atomic E-state index is 16.2. The maximum atomic E-state index is 16.2. The molecule has 6 heterocycles. The molecule has 4 aromatic rings. The Morgan fingerprint density at radius 3 is 2.59 bits per heavy atom. The van der Waals surface area contributed by atoms with E-state index in [1.54, 1.807) is 30.5 Å². The molecule has 14 heteroatoms. The van der Waals surface area contributed by atoms with Gasteiger partial charge >= 0.3 is 6.01 Å². The third-order valence-electron chi connectivity index (χ3n) is 10.2. The monoisotopic (exact) mass is 760 g/mol. The van der Waals surface area contributed by atoms with E-state index in [0.29, 0.717) is 67.2 Å². The van der Waals surface area contributed by atoms with Crippen molar-refractivity contribution in [1.29, 1.82) is 5.26 Å². The summed E-state index contributed by atoms with van der Waals surface area (Å²) in [5, 5.41) is 9.93. The fourth-order valence-electron chi connectivity index (χ4n) is 7.66. The predicted octanol–water partition coefficient (Wildman–Crippen LogP) is 6.29. The Kier molecular flexibility index (Phi) is 13.2. The SMILES string of the molecule is CC#N.COc1nc(N2CCN(C(=O)/C=C/CN3CCOC(C)C3)CC2)c2cnc(-c3cccc4cccc(Cl)c34)c(F)c2n1.FC1CC2CCCN2C1. The number of amides is 1. The average Bonchev–Trinajstić information content (AvgIpc) is 3.76. The summed E-state index contributed by atoms with van der Waals surface area (Å²) < 4.78 is 39.7. The first-order valence-electron chi connectivity index (χ1n) is 18.5. The van der Waals surface area contributed by atoms with E-state index in [-0.39, 0.29) is 29.2 Å². The molecule has 2 aromatic carbocycles. The molecule has 0 radical (unpaired) electrons. The first-order chi connectivity index (χ1) is 26.2. The Bertz CT molecular complexity index is 1990. The van der Waals surface area contributed by atoms with Crippen molar-refractivity contribution in [3.05, 3.63) is 65.6 Å². The Morgan fingerprint density at radius 2 is 1.87 bits per heavy atom. The first kappa shape index (κ1) is 39.2. The van der Waals surface area contributed by atoms with Crippen molar-refractivity contribution in [2.24, 2.45) is 0 Å². The van der Waals surface area contributed by atoms with Gasteiger partial charge in [-0.1, -0.05) is 48.0 Å². The Balaban J connectivity index is 0.000000352. The molecule has 4 saturated heterocycles. The molecule has 2 aromatic heterocycles. The molecule has 286 valence electrons. The van der Waals surface area contributed by atoms with Crippen LogP contribution in [0, 0.1) is 17.1 Å². The van der Waals surface area contributed by atoms with E-state index in [1.807, 2.05) is 40.1 Å². The molecule has 0 saturated carbocycles. The van der Waals surface area contributed by atoms with Crippen molar-refractivity contribution in [3.8, 4) is 23.3 Å². The number of nitrogens with zero attached hydrogens (tertiary/aromatic N) is 8. The van der Waals surface area contributed by atoms with Gasteiger partial charge in [-0.25, -0.2) is 8.78 Å². The Morgan fingerprint density at radius 1 is 1.11 bits per heavy atom. The number of carbonyl (C=O) groups is 1. The second-order valence-electron chi connectivity index (χ2n) is 13.9. The molecule has 11 nitrogen and oxygen atoms in total. The number of benzene rings is 2. The lowest BCUT2D eigenvalue weighted by atomic mass is 10.0. The van der Waals surface area contributed by atoms with E-state index in [4.69, 9.17) is 26.3 Å². The van der Waals surface area contributed by atoms with E-state index >= 15 is 4.39 Å². The van der Waals surface area contributed by atoms with E-state index in [0.717, 1.165) is 43.4 Å². The Hall–Kier alpha value is -4.48. The second-order valence-corrected chi connectivity index (χ2v) is 14.3. The lowest BCUT2D eigenvalue weighted by Crippen LogP contribution is -2.48. The molecule has 4 fully saturated rings. The van der Waals surface area contributed by atoms with Crippen LogP contribution in [0.3, 0.4) is 0 Å². The van der Waals surface area contributed by atoms with Crippen LogP contribution in [0.2, 0.25) is 5.02 Å². The van der Waals surface area contributed by atoms with Crippen LogP contribution < -0.4 is 9.64 Å². The van der Waals surface area contributed by atoms with Crippen molar-refractivity contribution < 1.29 is 23.0 Å². The number of hydrogen-bond acceptors (Lipinski definition) is 10. The molecule has 0 N–H and O–H groups in total. The summed E-state index contributed by atoms with van der Waals surface area (Å²) in [6.45, 7) is 10.6. The smallest absolute Gasteiger partial charge is 0.318 e. The molecule has 3 unspecified atom stereocenters. The fraction of sp³-hybridized carbons (Fsp3) is 0.475. The molecule has 4 aliphatic rings. The maximum Gasteiger partial charge on any atom is 0.318 e. The van der Waals surface area contributed by atoms with Crippen molar-refractivity contribution in [2.45, 2.75) is 51.4 Å². The normalized spacial score (nSPS) is 21.7. The van der Waals surface area contributed by atoms with Crippen LogP contribution in [0.4, 0.5) is 14.6 Å². The van der Waals surface area contributed by atoms with Crippen molar-refractivity contribution >= 4 is 45.0 Å². The van der Waals surface area contributed by atoms with Gasteiger partial charge in [-0.15, -0.1) is 0 Å². The molecule has 3 atom stereocenters. The number of carbonyl (C=O) groups excluding carboxylic acids is 1. The van der Waals surface area contributed by atoms with Crippen LogP contribution >= 0.6 is 11.6 Å². The summed E-state index contributed by atoms with van der Waals surface area (Å²) >= 11 is 6.52. The zero-order chi connectivity index (χ0) is 38.2. The highest BCUT2D eigenvalue weighted by Crippen LogP contribution is 2.37. The summed E-state index contributed by atoms with van der Waals surface area (Å²) in [4.78, 5) is 34.7. The number of aromatic nitrogens is 3. The number of alkyl halides is 1. The zero-order valence-electron chi connectivity index (χ0n) is 31.1. The van der Waals surface area contributed by atoms with Crippen molar-refractivity contribution in [3.63, 3.8) is 0 Å². The minimum absolute atomic E-state index is 0.0211. The highest BCUT2D eigenvalue weighted by atomic mass is 35.5. The van der Waals surface area contributed by atoms with Gasteiger partial charge in [-0.3, -0.25) is 19.6 Å². The van der Waals surface area contributed by atoms with E-state index in [9.17, 15) is 9.18 Å². The topological polar surface area (TPSA) is 111 Å². The molecule has 4 aliphatic heterocycles. The van der Waals surface area contributed by atoms with Gasteiger partial charge < -0.3 is 19.3 Å². The predicted molar refractivity (Wildman–Crippen MR) is 207 cm³/mol. The number of nitriles is 1. The van der Waals surface area contributed by atoms with Crippen LogP contribution in [0.25, 0.3) is 32.9 Å². The van der Waals surface area contributed by atoms with Gasteiger partial charge in [-0.2, -0.15) is 15.2 Å². The number of fused-ring (bicyclic) bond motifs is 3. The first-order valence-corrected chi connectivity index (χ1v) is 18.9. The van der Waals surface area contributed by atoms with Crippen molar-refractivity contribution in [2.75, 3.05) is 77.5 Å². The van der Waals surface area contributed by atoms with Gasteiger partial charge in [0, 0.05) is 93.6 Å². The van der Waals surface area contributed by atoms with Gasteiger partial charge in [0.25, 0.3) is 0 Å². The summed E-state index contributed by atoms with van der Waals surface area (Å²) in [7, 11) is 1.45. The second kappa shape index (κ2) is 18.2. The summed E-state index contributed by atoms with van der Waals surface area (Å²) in [5.41, 5.74) is 0.853. The third-order valence-corrected chi connectivity index (χ3v) is 10.5. The van der Waals surface area contributed by atoms with Gasteiger partial charge in [0.05, 0.1) is 31.3 Å². The molecular formula is C40H47ClF2N8O3. The number of anilines is 1. The van der Waals surface area contributed by atoms with Crippen LogP contribution in [0.1, 0.15) is 33.1 Å². The minimum Gasteiger partial charge on any atom is -0.467 e. The Labute approximate surface area is 320 Å². The largest absolute Gasteiger partial charge is 0.467 e. The van der Waals surface area contributed by atoms with Crippen LogP contribution in [0.5, 0.6) is 6.01 Å². The number of methoxy groups -OCH3 is 1. The highest BCUT2D eigenvalue weighted by Gasteiger charge is 2.34. The number of piperazine rings is 1. The van der Waals surface area contributed by atoms with Gasteiger partial charge in [0.1, 0.15) is 23.2 Å². The molecule has 0 aliphatic carbocycles. The van der Waals surface area contributed by atoms with E-state index < -0.39 is 12.0 Å². The summed E-state index contributed by atoms with van der Waals surface area (Å²) in [5.74, 6) is -0.0718. The lowest BCUT2D eigenvalue weighted by Gasteiger charge is -2.35. The van der Waals surface area contributed by atoms with Crippen LogP contribution in [0.15, 0.2) is 54.7 Å². The minimum atomic E-state index is -0.574. The number of ether oxygens (including phenoxy) is 2. The number of pyridine rings is 1. The van der Waals surface area contributed by atoms with Gasteiger partial charge in [0.2, 0.25) is 5.91 Å². The van der Waals surface area contributed by atoms with E-state index in [2.05, 4.69) is 31.7 Å². The standard InChI is InChI=1S/C31H32ClFN6O3.C7H12FN.C2H3N/c1-20-19-37(16-17-42-20)11-5-10-25(40)38-12-14-39(15-13-38)30-23-18-34-28(27(33)29(23)35-31(36-30)41-2)22-8-3-6-21-7-4-9-24(32)26(21)22;8-6-4-7-2-1-3-9(7)5-6;1-2-3/h3-10,18,20H,11-17,19H2,1-2H3;6-7H,1-5H2;1H3/b10-5+;;. The molecule has 0 spiro atoms. The molecular weight excluding hydrogens is 714 g/mol. The van der Waals surface area contributed by atoms with E-state index in [1.165, 1.54) is 26.9 Å². The van der Waals surface area contributed by atoms with Crippen molar-refractivity contribution in [1.82, 2.24) is 29.7 Å². The quantitative estimate of drug-likeness (QED) is 0.208. The lowest BCUT2D eigenvalue weighted by molar-refractivity contribution is -0.126. The number of halogens is 3. The van der Waals surface area contributed by atoms with Crippen LogP contribution in [-0.4, -0.2) is 126 Å². The average molecular weight is 761 g/mol. The molecule has 54 heavy (non-hydrogen) atoms. The number of rotatable bonds is 6. The number of hydrogen-bond donors (Lipinski definition) is 0. The van der Waals surface area contributed by atoms with Gasteiger partial charge in [-0.05, 0) is 44.2 Å². The summed E-state index contributed by atoms with van der Waals surface area (Å²) in [6.07, 6.45) is 8.20. The fourth-order valence-corrected chi connectivity index (χ4v) is 7.95. The molecule has 8 rings (SSSR count). The zero-order valence-corrected chi connectivity index (χ0v) is 31.8. The molecule has 1 amide bonds. The number of morpholine rings is 1. The third kappa shape index (κ3) is 9.06.